The van der Waals surface area contributed by atoms with Crippen LogP contribution in [0.3, 0.4) is 0 Å². The van der Waals surface area contributed by atoms with Gasteiger partial charge in [-0.1, -0.05) is 0 Å². The van der Waals surface area contributed by atoms with Gasteiger partial charge in [0, 0.05) is 28.7 Å². The van der Waals surface area contributed by atoms with Gasteiger partial charge >= 0.3 is 0 Å². The van der Waals surface area contributed by atoms with Gasteiger partial charge in [-0.15, -0.1) is 11.3 Å². The Kier molecular flexibility index (Phi) is 4.00. The van der Waals surface area contributed by atoms with Crippen LogP contribution in [0.15, 0.2) is 35.8 Å². The molecule has 0 unspecified atom stereocenters. The van der Waals surface area contributed by atoms with Gasteiger partial charge in [-0.2, -0.15) is 0 Å². The third-order valence-corrected chi connectivity index (χ3v) is 4.48. The minimum absolute atomic E-state index is 0.212. The first kappa shape index (κ1) is 15.4. The molecule has 1 amide bonds. The summed E-state index contributed by atoms with van der Waals surface area (Å²) in [6.07, 6.45) is 1.74. The van der Waals surface area contributed by atoms with Crippen molar-refractivity contribution in [1.29, 1.82) is 0 Å². The molecule has 1 N–H and O–H groups in total. The van der Waals surface area contributed by atoms with Crippen molar-refractivity contribution in [2.24, 2.45) is 0 Å². The van der Waals surface area contributed by atoms with Crippen molar-refractivity contribution in [3.8, 4) is 5.13 Å². The largest absolute Gasteiger partial charge is 0.322 e. The van der Waals surface area contributed by atoms with E-state index in [-0.39, 0.29) is 11.7 Å². The van der Waals surface area contributed by atoms with E-state index in [0.717, 1.165) is 16.5 Å². The number of thiazole rings is 1. The Bertz CT molecular complexity index is 868. The molecule has 0 aliphatic carbocycles. The van der Waals surface area contributed by atoms with Crippen LogP contribution in [-0.4, -0.2) is 15.5 Å². The van der Waals surface area contributed by atoms with Gasteiger partial charge in [0.2, 0.25) is 0 Å². The van der Waals surface area contributed by atoms with E-state index in [9.17, 15) is 9.18 Å². The summed E-state index contributed by atoms with van der Waals surface area (Å²) in [5.74, 6) is -0.530. The summed E-state index contributed by atoms with van der Waals surface area (Å²) >= 11 is 1.52. The van der Waals surface area contributed by atoms with E-state index in [0.29, 0.717) is 16.8 Å². The van der Waals surface area contributed by atoms with Crippen molar-refractivity contribution in [2.45, 2.75) is 20.8 Å². The van der Waals surface area contributed by atoms with Crippen LogP contribution in [0.25, 0.3) is 5.13 Å². The van der Waals surface area contributed by atoms with E-state index in [1.165, 1.54) is 23.5 Å². The van der Waals surface area contributed by atoms with Crippen LogP contribution < -0.4 is 5.32 Å². The second kappa shape index (κ2) is 5.96. The highest BCUT2D eigenvalue weighted by molar-refractivity contribution is 7.12. The Balaban J connectivity index is 1.93. The van der Waals surface area contributed by atoms with E-state index in [1.807, 2.05) is 29.9 Å². The molecule has 0 aliphatic rings. The summed E-state index contributed by atoms with van der Waals surface area (Å²) < 4.78 is 15.1. The highest BCUT2D eigenvalue weighted by Crippen LogP contribution is 2.24. The van der Waals surface area contributed by atoms with E-state index in [4.69, 9.17) is 0 Å². The molecule has 0 fully saturated rings. The van der Waals surface area contributed by atoms with Gasteiger partial charge in [-0.25, -0.2) is 9.37 Å². The maximum Gasteiger partial charge on any atom is 0.257 e. The number of aryl methyl sites for hydroxylation is 2. The fraction of sp³-hybridized carbons (Fsp3) is 0.176. The summed E-state index contributed by atoms with van der Waals surface area (Å²) in [5, 5.41) is 5.57. The van der Waals surface area contributed by atoms with Crippen LogP contribution in [0.2, 0.25) is 0 Å². The van der Waals surface area contributed by atoms with E-state index < -0.39 is 0 Å². The Morgan fingerprint density at radius 2 is 2.04 bits per heavy atom. The number of amides is 1. The topological polar surface area (TPSA) is 46.9 Å². The summed E-state index contributed by atoms with van der Waals surface area (Å²) in [6.45, 7) is 5.59. The molecule has 0 atom stereocenters. The van der Waals surface area contributed by atoms with Gasteiger partial charge in [-0.3, -0.25) is 9.36 Å². The minimum atomic E-state index is -0.317. The predicted octanol–water partition coefficient (Wildman–Crippen LogP) is 4.25. The Labute approximate surface area is 137 Å². The first-order valence-electron chi connectivity index (χ1n) is 7.13. The number of nitrogens with one attached hydrogen (secondary N) is 1. The number of benzene rings is 1. The maximum absolute atomic E-state index is 13.2. The molecule has 6 heteroatoms. The minimum Gasteiger partial charge on any atom is -0.322 e. The van der Waals surface area contributed by atoms with Crippen molar-refractivity contribution in [1.82, 2.24) is 9.55 Å². The van der Waals surface area contributed by atoms with Crippen molar-refractivity contribution in [2.75, 3.05) is 5.32 Å². The number of carbonyl (C=O) groups is 1. The molecule has 2 heterocycles. The second-order valence-electron chi connectivity index (χ2n) is 5.35. The highest BCUT2D eigenvalue weighted by atomic mass is 32.1. The molecule has 0 aliphatic heterocycles. The molecule has 0 spiro atoms. The first-order chi connectivity index (χ1) is 11.0. The molecular weight excluding hydrogens is 313 g/mol. The molecular formula is C17H16FN3OS. The van der Waals surface area contributed by atoms with E-state index in [1.54, 1.807) is 19.2 Å². The maximum atomic E-state index is 13.2. The van der Waals surface area contributed by atoms with Crippen LogP contribution in [0, 0.1) is 26.6 Å². The number of carbonyl (C=O) groups excluding carboxylic acids is 1. The highest BCUT2D eigenvalue weighted by Gasteiger charge is 2.18. The zero-order valence-electron chi connectivity index (χ0n) is 13.1. The van der Waals surface area contributed by atoms with Crippen LogP contribution in [0.1, 0.15) is 27.3 Å². The Hall–Kier alpha value is -2.47. The third kappa shape index (κ3) is 2.90. The lowest BCUT2D eigenvalue weighted by molar-refractivity contribution is 0.102. The van der Waals surface area contributed by atoms with Crippen LogP contribution in [0.5, 0.6) is 0 Å². The average molecular weight is 329 g/mol. The number of halogens is 1. The van der Waals surface area contributed by atoms with Crippen LogP contribution in [0.4, 0.5) is 10.1 Å². The molecule has 0 bridgehead atoms. The van der Waals surface area contributed by atoms with Gasteiger partial charge in [0.15, 0.2) is 5.13 Å². The summed E-state index contributed by atoms with van der Waals surface area (Å²) in [6, 6.07) is 6.14. The number of rotatable bonds is 3. The summed E-state index contributed by atoms with van der Waals surface area (Å²) in [4.78, 5) is 16.9. The smallest absolute Gasteiger partial charge is 0.257 e. The Morgan fingerprint density at radius 1 is 1.26 bits per heavy atom. The molecule has 23 heavy (non-hydrogen) atoms. The lowest BCUT2D eigenvalue weighted by Gasteiger charge is -2.09. The van der Waals surface area contributed by atoms with Crippen LogP contribution >= 0.6 is 11.3 Å². The monoisotopic (exact) mass is 329 g/mol. The van der Waals surface area contributed by atoms with Gasteiger partial charge in [-0.05, 0) is 50.6 Å². The average Bonchev–Trinajstić information content (AvgIpc) is 3.10. The number of aromatic nitrogens is 2. The lowest BCUT2D eigenvalue weighted by Crippen LogP contribution is -2.14. The Morgan fingerprint density at radius 3 is 2.70 bits per heavy atom. The van der Waals surface area contributed by atoms with Gasteiger partial charge in [0.1, 0.15) is 5.82 Å². The molecule has 1 aromatic carbocycles. The third-order valence-electron chi connectivity index (χ3n) is 3.72. The zero-order chi connectivity index (χ0) is 16.6. The summed E-state index contributed by atoms with van der Waals surface area (Å²) in [5.41, 5.74) is 3.65. The molecule has 3 rings (SSSR count). The number of hydrogen-bond acceptors (Lipinski definition) is 3. The lowest BCUT2D eigenvalue weighted by atomic mass is 10.1. The standard InChI is InChI=1S/C17H16FN3OS/c1-10-8-13(18)4-5-15(10)20-16(22)14-9-11(2)21(12(14)3)17-19-6-7-23-17/h4-9H,1-3H3,(H,20,22). The number of hydrogen-bond donors (Lipinski definition) is 1. The second-order valence-corrected chi connectivity index (χ2v) is 6.22. The molecule has 4 nitrogen and oxygen atoms in total. The van der Waals surface area contributed by atoms with Crippen molar-refractivity contribution < 1.29 is 9.18 Å². The van der Waals surface area contributed by atoms with Crippen molar-refractivity contribution in [3.05, 3.63) is 64.2 Å². The summed E-state index contributed by atoms with van der Waals surface area (Å²) in [7, 11) is 0. The van der Waals surface area contributed by atoms with Gasteiger partial charge in [0.05, 0.1) is 5.56 Å². The molecule has 0 saturated heterocycles. The molecule has 2 aromatic heterocycles. The fourth-order valence-electron chi connectivity index (χ4n) is 2.57. The quantitative estimate of drug-likeness (QED) is 0.781. The fourth-order valence-corrected chi connectivity index (χ4v) is 3.32. The van der Waals surface area contributed by atoms with E-state index in [2.05, 4.69) is 10.3 Å². The van der Waals surface area contributed by atoms with Crippen LogP contribution in [-0.2, 0) is 0 Å². The van der Waals surface area contributed by atoms with Crippen molar-refractivity contribution in [3.63, 3.8) is 0 Å². The van der Waals surface area contributed by atoms with Crippen molar-refractivity contribution >= 4 is 22.9 Å². The van der Waals surface area contributed by atoms with E-state index >= 15 is 0 Å². The number of anilines is 1. The van der Waals surface area contributed by atoms with Gasteiger partial charge < -0.3 is 5.32 Å². The molecule has 0 saturated carbocycles. The molecule has 118 valence electrons. The normalized spacial score (nSPS) is 10.8. The molecule has 3 aromatic rings. The number of nitrogens with zero attached hydrogens (tertiary/aromatic N) is 2. The SMILES string of the molecule is Cc1cc(F)ccc1NC(=O)c1cc(C)n(-c2nccs2)c1C. The first-order valence-corrected chi connectivity index (χ1v) is 8.01. The predicted molar refractivity (Wildman–Crippen MR) is 90.0 cm³/mol. The van der Waals surface area contributed by atoms with Gasteiger partial charge in [0.25, 0.3) is 5.91 Å². The zero-order valence-corrected chi connectivity index (χ0v) is 13.9. The molecule has 0 radical (unpaired) electrons.